The van der Waals surface area contributed by atoms with E-state index in [1.165, 1.54) is 13.4 Å². The van der Waals surface area contributed by atoms with Gasteiger partial charge in [0.25, 0.3) is 11.8 Å². The van der Waals surface area contributed by atoms with Crippen LogP contribution in [0.15, 0.2) is 65.3 Å². The van der Waals surface area contributed by atoms with Crippen molar-refractivity contribution in [1.29, 1.82) is 0 Å². The predicted octanol–water partition coefficient (Wildman–Crippen LogP) is 3.88. The summed E-state index contributed by atoms with van der Waals surface area (Å²) in [7, 11) is 1.30. The standard InChI is InChI=1S/C21H18N2O5/c1-13-16(21(26)27-2)5-3-6-17(13)23-19(24)14-8-10-15(11-9-14)22-20(25)18-7-4-12-28-18/h3-12H,1-2H3,(H,22,25)(H,23,24). The maximum Gasteiger partial charge on any atom is 0.338 e. The first-order valence-corrected chi connectivity index (χ1v) is 8.44. The van der Waals surface area contributed by atoms with Crippen molar-refractivity contribution in [2.75, 3.05) is 17.7 Å². The normalized spacial score (nSPS) is 10.2. The van der Waals surface area contributed by atoms with Gasteiger partial charge in [0.1, 0.15) is 0 Å². The third kappa shape index (κ3) is 4.09. The molecule has 7 nitrogen and oxygen atoms in total. The van der Waals surface area contributed by atoms with E-state index in [0.717, 1.165) is 0 Å². The Labute approximate surface area is 161 Å². The van der Waals surface area contributed by atoms with Crippen LogP contribution in [-0.2, 0) is 4.74 Å². The highest BCUT2D eigenvalue weighted by Gasteiger charge is 2.14. The van der Waals surface area contributed by atoms with Gasteiger partial charge in [-0.3, -0.25) is 9.59 Å². The highest BCUT2D eigenvalue weighted by Crippen LogP contribution is 2.21. The number of esters is 1. The third-order valence-corrected chi connectivity index (χ3v) is 4.14. The van der Waals surface area contributed by atoms with Gasteiger partial charge in [-0.15, -0.1) is 0 Å². The minimum Gasteiger partial charge on any atom is -0.465 e. The van der Waals surface area contributed by atoms with Crippen molar-refractivity contribution in [3.63, 3.8) is 0 Å². The van der Waals surface area contributed by atoms with E-state index in [1.54, 1.807) is 61.5 Å². The number of furan rings is 1. The molecule has 2 aromatic carbocycles. The monoisotopic (exact) mass is 378 g/mol. The Morgan fingerprint density at radius 2 is 1.64 bits per heavy atom. The van der Waals surface area contributed by atoms with E-state index in [0.29, 0.717) is 28.1 Å². The maximum atomic E-state index is 12.5. The number of nitrogens with one attached hydrogen (secondary N) is 2. The molecule has 0 unspecified atom stereocenters. The lowest BCUT2D eigenvalue weighted by Crippen LogP contribution is -2.15. The van der Waals surface area contributed by atoms with Gasteiger partial charge in [0.2, 0.25) is 0 Å². The van der Waals surface area contributed by atoms with Gasteiger partial charge in [-0.2, -0.15) is 0 Å². The molecular weight excluding hydrogens is 360 g/mol. The number of methoxy groups -OCH3 is 1. The fourth-order valence-electron chi connectivity index (χ4n) is 2.60. The molecule has 2 N–H and O–H groups in total. The molecule has 0 atom stereocenters. The zero-order chi connectivity index (χ0) is 20.1. The van der Waals surface area contributed by atoms with Crippen molar-refractivity contribution in [2.45, 2.75) is 6.92 Å². The van der Waals surface area contributed by atoms with Gasteiger partial charge in [0.15, 0.2) is 5.76 Å². The lowest BCUT2D eigenvalue weighted by atomic mass is 10.1. The minimum atomic E-state index is -0.467. The quantitative estimate of drug-likeness (QED) is 0.657. The summed E-state index contributed by atoms with van der Waals surface area (Å²) in [5, 5.41) is 5.46. The largest absolute Gasteiger partial charge is 0.465 e. The Kier molecular flexibility index (Phi) is 5.55. The lowest BCUT2D eigenvalue weighted by Gasteiger charge is -2.12. The minimum absolute atomic E-state index is 0.197. The molecule has 0 radical (unpaired) electrons. The fourth-order valence-corrected chi connectivity index (χ4v) is 2.60. The number of hydrogen-bond donors (Lipinski definition) is 2. The molecule has 7 heteroatoms. The van der Waals surface area contributed by atoms with Crippen molar-refractivity contribution in [2.24, 2.45) is 0 Å². The Morgan fingerprint density at radius 1 is 0.893 bits per heavy atom. The number of hydrogen-bond acceptors (Lipinski definition) is 5. The molecule has 0 spiro atoms. The molecule has 0 bridgehead atoms. The maximum absolute atomic E-state index is 12.5. The molecule has 0 aliphatic heterocycles. The lowest BCUT2D eigenvalue weighted by molar-refractivity contribution is 0.0599. The van der Waals surface area contributed by atoms with Crippen molar-refractivity contribution in [3.05, 3.63) is 83.3 Å². The first-order chi connectivity index (χ1) is 13.5. The number of ether oxygens (including phenoxy) is 1. The molecule has 3 rings (SSSR count). The summed E-state index contributed by atoms with van der Waals surface area (Å²) in [6, 6.07) is 14.6. The zero-order valence-corrected chi connectivity index (χ0v) is 15.3. The molecule has 0 aliphatic carbocycles. The molecule has 1 aromatic heterocycles. The first-order valence-electron chi connectivity index (χ1n) is 8.44. The average molecular weight is 378 g/mol. The van der Waals surface area contributed by atoms with Gasteiger partial charge in [0, 0.05) is 16.9 Å². The van der Waals surface area contributed by atoms with Crippen LogP contribution < -0.4 is 10.6 Å². The Morgan fingerprint density at radius 3 is 2.29 bits per heavy atom. The van der Waals surface area contributed by atoms with E-state index in [-0.39, 0.29) is 17.6 Å². The summed E-state index contributed by atoms with van der Waals surface area (Å²) in [6.45, 7) is 1.73. The topological polar surface area (TPSA) is 97.6 Å². The van der Waals surface area contributed by atoms with Crippen LogP contribution in [0.1, 0.15) is 36.8 Å². The number of anilines is 2. The van der Waals surface area contributed by atoms with Crippen LogP contribution in [0.4, 0.5) is 11.4 Å². The molecule has 0 saturated heterocycles. The third-order valence-electron chi connectivity index (χ3n) is 4.14. The number of amides is 2. The summed E-state index contributed by atoms with van der Waals surface area (Å²) in [5.41, 5.74) is 2.45. The molecule has 0 saturated carbocycles. The van der Waals surface area contributed by atoms with Crippen LogP contribution in [0.3, 0.4) is 0 Å². The summed E-state index contributed by atoms with van der Waals surface area (Å²) < 4.78 is 9.77. The van der Waals surface area contributed by atoms with Gasteiger partial charge >= 0.3 is 5.97 Å². The van der Waals surface area contributed by atoms with Gasteiger partial charge in [-0.1, -0.05) is 6.07 Å². The SMILES string of the molecule is COC(=O)c1cccc(NC(=O)c2ccc(NC(=O)c3ccco3)cc2)c1C. The zero-order valence-electron chi connectivity index (χ0n) is 15.3. The number of carbonyl (C=O) groups is 3. The number of rotatable bonds is 5. The molecule has 3 aromatic rings. The van der Waals surface area contributed by atoms with E-state index < -0.39 is 5.97 Å². The fraction of sp³-hybridized carbons (Fsp3) is 0.0952. The Balaban J connectivity index is 1.70. The number of carbonyl (C=O) groups excluding carboxylic acids is 3. The summed E-state index contributed by atoms with van der Waals surface area (Å²) in [4.78, 5) is 36.2. The molecule has 142 valence electrons. The summed E-state index contributed by atoms with van der Waals surface area (Å²) in [5.74, 6) is -0.987. The second-order valence-corrected chi connectivity index (χ2v) is 5.93. The number of benzene rings is 2. The van der Waals surface area contributed by atoms with Gasteiger partial charge in [0.05, 0.1) is 18.9 Å². The van der Waals surface area contributed by atoms with Crippen LogP contribution in [0, 0.1) is 6.92 Å². The van der Waals surface area contributed by atoms with E-state index >= 15 is 0 Å². The molecule has 2 amide bonds. The van der Waals surface area contributed by atoms with Crippen molar-refractivity contribution < 1.29 is 23.5 Å². The second-order valence-electron chi connectivity index (χ2n) is 5.93. The molecule has 0 aliphatic rings. The van der Waals surface area contributed by atoms with Crippen LogP contribution in [0.5, 0.6) is 0 Å². The van der Waals surface area contributed by atoms with Gasteiger partial charge in [-0.05, 0) is 61.0 Å². The van der Waals surface area contributed by atoms with Crippen LogP contribution in [0.25, 0.3) is 0 Å². The van der Waals surface area contributed by atoms with Gasteiger partial charge < -0.3 is 19.8 Å². The van der Waals surface area contributed by atoms with E-state index in [2.05, 4.69) is 10.6 Å². The average Bonchev–Trinajstić information content (AvgIpc) is 3.24. The smallest absolute Gasteiger partial charge is 0.338 e. The summed E-state index contributed by atoms with van der Waals surface area (Å²) >= 11 is 0. The highest BCUT2D eigenvalue weighted by atomic mass is 16.5. The Hall–Kier alpha value is -3.87. The highest BCUT2D eigenvalue weighted by molar-refractivity contribution is 6.06. The van der Waals surface area contributed by atoms with Crippen LogP contribution in [0.2, 0.25) is 0 Å². The van der Waals surface area contributed by atoms with Crippen molar-refractivity contribution >= 4 is 29.2 Å². The van der Waals surface area contributed by atoms with Crippen LogP contribution in [-0.4, -0.2) is 24.9 Å². The van der Waals surface area contributed by atoms with E-state index in [4.69, 9.17) is 9.15 Å². The van der Waals surface area contributed by atoms with Gasteiger partial charge in [-0.25, -0.2) is 4.79 Å². The Bertz CT molecular complexity index is 1010. The molecule has 28 heavy (non-hydrogen) atoms. The second kappa shape index (κ2) is 8.22. The van der Waals surface area contributed by atoms with Crippen molar-refractivity contribution in [1.82, 2.24) is 0 Å². The molecular formula is C21H18N2O5. The predicted molar refractivity (Wildman–Crippen MR) is 104 cm³/mol. The molecule has 1 heterocycles. The van der Waals surface area contributed by atoms with Crippen molar-refractivity contribution in [3.8, 4) is 0 Å². The molecule has 0 fully saturated rings. The van der Waals surface area contributed by atoms with E-state index in [9.17, 15) is 14.4 Å². The first kappa shape index (κ1) is 18.9. The van der Waals surface area contributed by atoms with Crippen LogP contribution >= 0.6 is 0 Å². The summed E-state index contributed by atoms with van der Waals surface area (Å²) in [6.07, 6.45) is 1.42. The van der Waals surface area contributed by atoms with E-state index in [1.807, 2.05) is 0 Å².